The maximum atomic E-state index is 5.51. The number of nitrogens with two attached hydrogens (primary N) is 1. The Morgan fingerprint density at radius 3 is 3.00 bits per heavy atom. The monoisotopic (exact) mass is 245 g/mol. The van der Waals surface area contributed by atoms with E-state index in [2.05, 4.69) is 21.5 Å². The van der Waals surface area contributed by atoms with E-state index in [9.17, 15) is 0 Å². The lowest BCUT2D eigenvalue weighted by Crippen LogP contribution is -2.11. The van der Waals surface area contributed by atoms with Gasteiger partial charge in [0.1, 0.15) is 5.82 Å². The van der Waals surface area contributed by atoms with Crippen molar-refractivity contribution < 1.29 is 0 Å². The summed E-state index contributed by atoms with van der Waals surface area (Å²) >= 11 is 0. The van der Waals surface area contributed by atoms with Crippen molar-refractivity contribution in [3.63, 3.8) is 0 Å². The second-order valence-corrected chi connectivity index (χ2v) is 4.97. The van der Waals surface area contributed by atoms with Gasteiger partial charge in [-0.05, 0) is 32.7 Å². The highest BCUT2D eigenvalue weighted by molar-refractivity contribution is 5.51. The van der Waals surface area contributed by atoms with E-state index in [4.69, 9.17) is 5.73 Å². The first kappa shape index (κ1) is 11.5. The normalized spacial score (nSPS) is 15.2. The molecule has 1 aliphatic carbocycles. The van der Waals surface area contributed by atoms with Gasteiger partial charge in [0.25, 0.3) is 0 Å². The fourth-order valence-corrected chi connectivity index (χ4v) is 2.14. The zero-order chi connectivity index (χ0) is 12.5. The standard InChI is InChI=1S/C13H19N5/c1-9-7-12(15-6-2-5-14)18-13(16-9)8-11(17-18)10-3-4-10/h7-8,10,15H,2-6,14H2,1H3. The van der Waals surface area contributed by atoms with E-state index in [-0.39, 0.29) is 0 Å². The second-order valence-electron chi connectivity index (χ2n) is 4.97. The molecule has 96 valence electrons. The molecule has 2 heterocycles. The topological polar surface area (TPSA) is 68.2 Å². The van der Waals surface area contributed by atoms with E-state index in [1.54, 1.807) is 0 Å². The first-order valence-electron chi connectivity index (χ1n) is 6.59. The largest absolute Gasteiger partial charge is 0.370 e. The Hall–Kier alpha value is -1.62. The zero-order valence-electron chi connectivity index (χ0n) is 10.7. The van der Waals surface area contributed by atoms with Crippen molar-refractivity contribution >= 4 is 11.5 Å². The molecule has 2 aromatic heterocycles. The van der Waals surface area contributed by atoms with Crippen molar-refractivity contribution in [2.24, 2.45) is 5.73 Å². The number of hydrogen-bond acceptors (Lipinski definition) is 4. The van der Waals surface area contributed by atoms with E-state index in [1.807, 2.05) is 17.5 Å². The summed E-state index contributed by atoms with van der Waals surface area (Å²) in [5.74, 6) is 1.67. The number of nitrogens with zero attached hydrogens (tertiary/aromatic N) is 3. The molecule has 0 amide bonds. The highest BCUT2D eigenvalue weighted by atomic mass is 15.3. The van der Waals surface area contributed by atoms with E-state index in [0.717, 1.165) is 30.1 Å². The summed E-state index contributed by atoms with van der Waals surface area (Å²) in [5, 5.41) is 8.04. The number of rotatable bonds is 5. The van der Waals surface area contributed by atoms with Crippen molar-refractivity contribution in [1.82, 2.24) is 14.6 Å². The van der Waals surface area contributed by atoms with Gasteiger partial charge < -0.3 is 11.1 Å². The van der Waals surface area contributed by atoms with Gasteiger partial charge in [-0.25, -0.2) is 4.98 Å². The smallest absolute Gasteiger partial charge is 0.157 e. The molecule has 0 unspecified atom stereocenters. The highest BCUT2D eigenvalue weighted by Crippen LogP contribution is 2.39. The third-order valence-electron chi connectivity index (χ3n) is 3.26. The molecule has 1 saturated carbocycles. The van der Waals surface area contributed by atoms with Crippen LogP contribution in [0.25, 0.3) is 5.65 Å². The van der Waals surface area contributed by atoms with E-state index >= 15 is 0 Å². The molecular weight excluding hydrogens is 226 g/mol. The second kappa shape index (κ2) is 4.57. The van der Waals surface area contributed by atoms with Crippen LogP contribution in [0.1, 0.15) is 36.6 Å². The number of fused-ring (bicyclic) bond motifs is 1. The number of hydrogen-bond donors (Lipinski definition) is 2. The predicted molar refractivity (Wildman–Crippen MR) is 71.9 cm³/mol. The molecule has 5 heteroatoms. The molecule has 2 aromatic rings. The number of anilines is 1. The summed E-state index contributed by atoms with van der Waals surface area (Å²) in [6, 6.07) is 4.14. The van der Waals surface area contributed by atoms with Crippen LogP contribution >= 0.6 is 0 Å². The van der Waals surface area contributed by atoms with Gasteiger partial charge in [-0.1, -0.05) is 0 Å². The molecule has 5 nitrogen and oxygen atoms in total. The van der Waals surface area contributed by atoms with Gasteiger partial charge in [-0.3, -0.25) is 0 Å². The lowest BCUT2D eigenvalue weighted by molar-refractivity contribution is 0.838. The third kappa shape index (κ3) is 2.18. The molecule has 3 N–H and O–H groups in total. The quantitative estimate of drug-likeness (QED) is 0.786. The van der Waals surface area contributed by atoms with Crippen molar-refractivity contribution in [2.75, 3.05) is 18.4 Å². The maximum absolute atomic E-state index is 5.51. The number of nitrogens with one attached hydrogen (secondary N) is 1. The zero-order valence-corrected chi connectivity index (χ0v) is 10.7. The van der Waals surface area contributed by atoms with Gasteiger partial charge in [-0.15, -0.1) is 0 Å². The molecule has 18 heavy (non-hydrogen) atoms. The number of aryl methyl sites for hydroxylation is 1. The Balaban J connectivity index is 1.94. The van der Waals surface area contributed by atoms with Crippen molar-refractivity contribution in [3.05, 3.63) is 23.5 Å². The van der Waals surface area contributed by atoms with E-state index < -0.39 is 0 Å². The summed E-state index contributed by atoms with van der Waals surface area (Å²) in [6.45, 7) is 3.58. The minimum atomic E-state index is 0.656. The minimum Gasteiger partial charge on any atom is -0.370 e. The molecule has 0 aliphatic heterocycles. The SMILES string of the molecule is Cc1cc(NCCCN)n2nc(C3CC3)cc2n1. The molecule has 1 aliphatic rings. The fraction of sp³-hybridized carbons (Fsp3) is 0.538. The van der Waals surface area contributed by atoms with Gasteiger partial charge in [0.15, 0.2) is 5.65 Å². The summed E-state index contributed by atoms with van der Waals surface area (Å²) in [5.41, 5.74) is 8.64. The van der Waals surface area contributed by atoms with Crippen LogP contribution in [-0.4, -0.2) is 27.7 Å². The Labute approximate surface area is 106 Å². The number of aromatic nitrogens is 3. The van der Waals surface area contributed by atoms with Gasteiger partial charge in [-0.2, -0.15) is 9.61 Å². The highest BCUT2D eigenvalue weighted by Gasteiger charge is 2.26. The molecule has 0 radical (unpaired) electrons. The maximum Gasteiger partial charge on any atom is 0.157 e. The van der Waals surface area contributed by atoms with Crippen LogP contribution in [-0.2, 0) is 0 Å². The minimum absolute atomic E-state index is 0.656. The summed E-state index contributed by atoms with van der Waals surface area (Å²) in [4.78, 5) is 4.53. The first-order valence-corrected chi connectivity index (χ1v) is 6.59. The Kier molecular flexibility index (Phi) is 2.91. The summed E-state index contributed by atoms with van der Waals surface area (Å²) in [7, 11) is 0. The van der Waals surface area contributed by atoms with Crippen molar-refractivity contribution in [1.29, 1.82) is 0 Å². The van der Waals surface area contributed by atoms with Gasteiger partial charge >= 0.3 is 0 Å². The lowest BCUT2D eigenvalue weighted by Gasteiger charge is -2.08. The summed E-state index contributed by atoms with van der Waals surface area (Å²) in [6.07, 6.45) is 3.48. The van der Waals surface area contributed by atoms with Crippen molar-refractivity contribution in [2.45, 2.75) is 32.1 Å². The molecule has 0 atom stereocenters. The Bertz CT molecular complexity index is 556. The average Bonchev–Trinajstić information content (AvgIpc) is 3.10. The van der Waals surface area contributed by atoms with Crippen LogP contribution in [0.3, 0.4) is 0 Å². The van der Waals surface area contributed by atoms with Gasteiger partial charge in [0.05, 0.1) is 5.69 Å². The molecular formula is C13H19N5. The van der Waals surface area contributed by atoms with Crippen molar-refractivity contribution in [3.8, 4) is 0 Å². The van der Waals surface area contributed by atoms with Gasteiger partial charge in [0.2, 0.25) is 0 Å². The first-order chi connectivity index (χ1) is 8.78. The molecule has 0 saturated heterocycles. The van der Waals surface area contributed by atoms with Crippen LogP contribution in [0.5, 0.6) is 0 Å². The molecule has 0 bridgehead atoms. The van der Waals surface area contributed by atoms with E-state index in [1.165, 1.54) is 18.5 Å². The van der Waals surface area contributed by atoms with Crippen LogP contribution in [0.4, 0.5) is 5.82 Å². The Morgan fingerprint density at radius 2 is 2.28 bits per heavy atom. The van der Waals surface area contributed by atoms with E-state index in [0.29, 0.717) is 12.5 Å². The molecule has 0 aromatic carbocycles. The summed E-state index contributed by atoms with van der Waals surface area (Å²) < 4.78 is 1.91. The lowest BCUT2D eigenvalue weighted by atomic mass is 10.3. The molecule has 1 fully saturated rings. The third-order valence-corrected chi connectivity index (χ3v) is 3.26. The molecule has 3 rings (SSSR count). The molecule has 0 spiro atoms. The average molecular weight is 245 g/mol. The fourth-order valence-electron chi connectivity index (χ4n) is 2.14. The Morgan fingerprint density at radius 1 is 1.44 bits per heavy atom. The van der Waals surface area contributed by atoms with Crippen LogP contribution in [0.2, 0.25) is 0 Å². The predicted octanol–water partition coefficient (Wildman–Crippen LogP) is 1.68. The van der Waals surface area contributed by atoms with Crippen LogP contribution < -0.4 is 11.1 Å². The van der Waals surface area contributed by atoms with Crippen LogP contribution in [0.15, 0.2) is 12.1 Å². The van der Waals surface area contributed by atoms with Gasteiger partial charge in [0, 0.05) is 30.3 Å². The van der Waals surface area contributed by atoms with Crippen LogP contribution in [0, 0.1) is 6.92 Å².